The molecule has 1 amide bonds. The van der Waals surface area contributed by atoms with Gasteiger partial charge >= 0.3 is 16.3 Å². The topological polar surface area (TPSA) is 111 Å². The van der Waals surface area contributed by atoms with Gasteiger partial charge in [-0.2, -0.15) is 13.1 Å². The van der Waals surface area contributed by atoms with Crippen molar-refractivity contribution in [1.82, 2.24) is 9.44 Å². The van der Waals surface area contributed by atoms with Crippen LogP contribution < -0.4 is 15.2 Å². The van der Waals surface area contributed by atoms with Gasteiger partial charge in [-0.15, -0.1) is 0 Å². The van der Waals surface area contributed by atoms with Crippen LogP contribution in [-0.4, -0.2) is 27.2 Å². The third-order valence-electron chi connectivity index (χ3n) is 2.25. The molecule has 0 saturated heterocycles. The molecule has 0 aliphatic heterocycles. The number of ether oxygens (including phenoxy) is 1. The monoisotopic (exact) mass is 301 g/mol. The molecule has 0 atom stereocenters. The van der Waals surface area contributed by atoms with E-state index in [-0.39, 0.29) is 12.6 Å². The summed E-state index contributed by atoms with van der Waals surface area (Å²) in [5, 5.41) is 0. The Bertz CT molecular complexity index is 540. The molecule has 112 valence electrons. The Hall–Kier alpha value is -1.80. The van der Waals surface area contributed by atoms with E-state index in [1.807, 2.05) is 12.1 Å². The summed E-state index contributed by atoms with van der Waals surface area (Å²) < 4.78 is 31.7. The lowest BCUT2D eigenvalue weighted by Gasteiger charge is -2.10. The normalized spacial score (nSPS) is 11.3. The predicted molar refractivity (Wildman–Crippen MR) is 76.2 cm³/mol. The molecule has 20 heavy (non-hydrogen) atoms. The van der Waals surface area contributed by atoms with Crippen LogP contribution in [0.1, 0.15) is 19.4 Å². The number of benzene rings is 1. The highest BCUT2D eigenvalue weighted by molar-refractivity contribution is 7.88. The van der Waals surface area contributed by atoms with Gasteiger partial charge in [-0.05, 0) is 38.0 Å². The molecule has 0 aromatic heterocycles. The van der Waals surface area contributed by atoms with Crippen LogP contribution in [0, 0.1) is 0 Å². The summed E-state index contributed by atoms with van der Waals surface area (Å²) in [6.07, 6.45) is -0.902. The van der Waals surface area contributed by atoms with Crippen molar-refractivity contribution in [1.29, 1.82) is 0 Å². The Morgan fingerprint density at radius 1 is 1.30 bits per heavy atom. The minimum absolute atomic E-state index is 0.161. The fraction of sp³-hybridized carbons (Fsp3) is 0.417. The average Bonchev–Trinajstić information content (AvgIpc) is 2.29. The Kier molecular flexibility index (Phi) is 5.78. The van der Waals surface area contributed by atoms with E-state index in [0.717, 1.165) is 5.56 Å². The van der Waals surface area contributed by atoms with Gasteiger partial charge in [-0.25, -0.2) is 9.52 Å². The molecule has 1 aromatic carbocycles. The number of carbonyl (C=O) groups is 1. The van der Waals surface area contributed by atoms with Gasteiger partial charge in [0, 0.05) is 12.2 Å². The Morgan fingerprint density at radius 2 is 1.90 bits per heavy atom. The summed E-state index contributed by atoms with van der Waals surface area (Å²) in [4.78, 5) is 11.2. The van der Waals surface area contributed by atoms with Crippen LogP contribution in [0.5, 0.6) is 0 Å². The number of nitrogens with one attached hydrogen (secondary N) is 2. The summed E-state index contributed by atoms with van der Waals surface area (Å²) in [6.45, 7) is 3.41. The molecule has 1 rings (SSSR count). The maximum absolute atomic E-state index is 11.5. The molecule has 0 aliphatic rings. The highest BCUT2D eigenvalue weighted by Crippen LogP contribution is 2.05. The smallest absolute Gasteiger partial charge is 0.422 e. The second-order valence-electron chi connectivity index (χ2n) is 4.45. The second kappa shape index (κ2) is 7.11. The first kappa shape index (κ1) is 16.3. The lowest BCUT2D eigenvalue weighted by molar-refractivity contribution is 0.121. The van der Waals surface area contributed by atoms with Crippen molar-refractivity contribution in [3.8, 4) is 0 Å². The number of rotatable bonds is 6. The first-order chi connectivity index (χ1) is 9.28. The van der Waals surface area contributed by atoms with Crippen molar-refractivity contribution in [2.75, 3.05) is 12.3 Å². The molecule has 0 saturated carbocycles. The first-order valence-corrected chi connectivity index (χ1v) is 7.59. The van der Waals surface area contributed by atoms with Crippen molar-refractivity contribution in [3.05, 3.63) is 29.8 Å². The van der Waals surface area contributed by atoms with Crippen LogP contribution in [0.25, 0.3) is 0 Å². The second-order valence-corrected chi connectivity index (χ2v) is 5.95. The number of nitrogens with two attached hydrogens (primary N) is 1. The van der Waals surface area contributed by atoms with E-state index >= 15 is 0 Å². The van der Waals surface area contributed by atoms with Gasteiger partial charge in [0.25, 0.3) is 0 Å². The minimum atomic E-state index is -3.90. The number of amides is 1. The molecule has 4 N–H and O–H groups in total. The van der Waals surface area contributed by atoms with Gasteiger partial charge in [-0.3, -0.25) is 0 Å². The van der Waals surface area contributed by atoms with Gasteiger partial charge in [0.1, 0.15) is 0 Å². The molecule has 0 radical (unpaired) electrons. The largest absolute Gasteiger partial charge is 0.446 e. The maximum atomic E-state index is 11.5. The lowest BCUT2D eigenvalue weighted by atomic mass is 10.1. The van der Waals surface area contributed by atoms with Crippen molar-refractivity contribution >= 4 is 22.0 Å². The highest BCUT2D eigenvalue weighted by Gasteiger charge is 2.15. The molecule has 0 unspecified atom stereocenters. The summed E-state index contributed by atoms with van der Waals surface area (Å²) in [6, 6.07) is 7.10. The third-order valence-corrected chi connectivity index (χ3v) is 3.27. The zero-order valence-electron chi connectivity index (χ0n) is 11.4. The maximum Gasteiger partial charge on any atom is 0.422 e. The van der Waals surface area contributed by atoms with Gasteiger partial charge in [0.2, 0.25) is 0 Å². The molecule has 7 nitrogen and oxygen atoms in total. The SMILES string of the molecule is CC(C)OC(=O)NS(=O)(=O)NCCc1ccc(N)cc1. The van der Waals surface area contributed by atoms with Crippen molar-refractivity contribution < 1.29 is 17.9 Å². The fourth-order valence-corrected chi connectivity index (χ4v) is 2.11. The molecule has 1 aromatic rings. The van der Waals surface area contributed by atoms with E-state index in [4.69, 9.17) is 5.73 Å². The van der Waals surface area contributed by atoms with Crippen LogP contribution in [0.3, 0.4) is 0 Å². The molecule has 0 spiro atoms. The van der Waals surface area contributed by atoms with E-state index in [2.05, 4.69) is 9.46 Å². The van der Waals surface area contributed by atoms with E-state index in [0.29, 0.717) is 12.1 Å². The van der Waals surface area contributed by atoms with Gasteiger partial charge in [-0.1, -0.05) is 12.1 Å². The van der Waals surface area contributed by atoms with Crippen LogP contribution >= 0.6 is 0 Å². The third kappa shape index (κ3) is 6.39. The molecular formula is C12H19N3O4S. The average molecular weight is 301 g/mol. The minimum Gasteiger partial charge on any atom is -0.446 e. The summed E-state index contributed by atoms with van der Waals surface area (Å²) in [7, 11) is -3.90. The fourth-order valence-electron chi connectivity index (χ4n) is 1.40. The molecule has 0 heterocycles. The van der Waals surface area contributed by atoms with E-state index in [1.54, 1.807) is 30.7 Å². The van der Waals surface area contributed by atoms with Crippen LogP contribution in [0.15, 0.2) is 24.3 Å². The van der Waals surface area contributed by atoms with Gasteiger partial charge in [0.15, 0.2) is 0 Å². The van der Waals surface area contributed by atoms with E-state index in [1.165, 1.54) is 0 Å². The standard InChI is InChI=1S/C12H19N3O4S/c1-9(2)19-12(16)15-20(17,18)14-8-7-10-3-5-11(13)6-4-10/h3-6,9,14H,7-8,13H2,1-2H3,(H,15,16). The van der Waals surface area contributed by atoms with Crippen molar-refractivity contribution in [2.45, 2.75) is 26.4 Å². The van der Waals surface area contributed by atoms with Crippen molar-refractivity contribution in [3.63, 3.8) is 0 Å². The Morgan fingerprint density at radius 3 is 2.45 bits per heavy atom. The summed E-state index contributed by atoms with van der Waals surface area (Å²) in [5.74, 6) is 0. The zero-order chi connectivity index (χ0) is 15.2. The van der Waals surface area contributed by atoms with E-state index < -0.39 is 16.3 Å². The number of hydrogen-bond donors (Lipinski definition) is 3. The number of anilines is 1. The summed E-state index contributed by atoms with van der Waals surface area (Å²) >= 11 is 0. The van der Waals surface area contributed by atoms with Crippen molar-refractivity contribution in [2.24, 2.45) is 0 Å². The van der Waals surface area contributed by atoms with Gasteiger partial charge in [0.05, 0.1) is 6.10 Å². The van der Waals surface area contributed by atoms with Crippen LogP contribution in [-0.2, 0) is 21.4 Å². The van der Waals surface area contributed by atoms with E-state index in [9.17, 15) is 13.2 Å². The molecule has 8 heteroatoms. The highest BCUT2D eigenvalue weighted by atomic mass is 32.2. The molecule has 0 fully saturated rings. The van der Waals surface area contributed by atoms with Gasteiger partial charge < -0.3 is 10.5 Å². The zero-order valence-corrected chi connectivity index (χ0v) is 12.2. The molecule has 0 bridgehead atoms. The summed E-state index contributed by atoms with van der Waals surface area (Å²) in [5.41, 5.74) is 7.13. The Labute approximate surface area is 118 Å². The predicted octanol–water partition coefficient (Wildman–Crippen LogP) is 0.780. The first-order valence-electron chi connectivity index (χ1n) is 6.11. The quantitative estimate of drug-likeness (QED) is 0.672. The molecular weight excluding hydrogens is 282 g/mol. The lowest BCUT2D eigenvalue weighted by Crippen LogP contribution is -2.41. The number of hydrogen-bond acceptors (Lipinski definition) is 5. The number of nitrogen functional groups attached to an aromatic ring is 1. The van der Waals surface area contributed by atoms with Crippen LogP contribution in [0.2, 0.25) is 0 Å². The molecule has 0 aliphatic carbocycles. The Balaban J connectivity index is 2.40. The number of carbonyl (C=O) groups excluding carboxylic acids is 1. The van der Waals surface area contributed by atoms with Crippen LogP contribution in [0.4, 0.5) is 10.5 Å².